The van der Waals surface area contributed by atoms with Crippen molar-refractivity contribution in [3.8, 4) is 0 Å². The summed E-state index contributed by atoms with van der Waals surface area (Å²) < 4.78 is 64.2. The number of nitrogens with zero attached hydrogens (tertiary/aromatic N) is 2. The summed E-state index contributed by atoms with van der Waals surface area (Å²) in [5.74, 6) is 0. The molecule has 1 aromatic heterocycles. The average Bonchev–Trinajstić information content (AvgIpc) is 2.57. The number of aromatic nitrogens is 1. The molecule has 2 aromatic rings. The van der Waals surface area contributed by atoms with Crippen molar-refractivity contribution < 1.29 is 21.6 Å². The highest BCUT2D eigenvalue weighted by atomic mass is 35.5. The van der Waals surface area contributed by atoms with E-state index in [4.69, 9.17) is 23.2 Å². The van der Waals surface area contributed by atoms with Gasteiger partial charge in [0.25, 0.3) is 10.0 Å². The van der Waals surface area contributed by atoms with E-state index in [9.17, 15) is 21.6 Å². The van der Waals surface area contributed by atoms with E-state index < -0.39 is 26.8 Å². The van der Waals surface area contributed by atoms with Crippen LogP contribution >= 0.6 is 23.2 Å². The lowest BCUT2D eigenvalue weighted by Crippen LogP contribution is -2.36. The van der Waals surface area contributed by atoms with Crippen LogP contribution in [0.25, 0.3) is 0 Å². The first kappa shape index (κ1) is 18.4. The molecule has 0 amide bonds. The summed E-state index contributed by atoms with van der Waals surface area (Å²) in [7, 11) is -4.01. The van der Waals surface area contributed by atoms with Gasteiger partial charge in [-0.15, -0.1) is 0 Å². The zero-order valence-corrected chi connectivity index (χ0v) is 14.8. The van der Waals surface area contributed by atoms with Crippen LogP contribution in [0.2, 0.25) is 10.0 Å². The lowest BCUT2D eigenvalue weighted by Gasteiger charge is -2.28. The quantitative estimate of drug-likeness (QED) is 0.746. The van der Waals surface area contributed by atoms with Gasteiger partial charge in [-0.2, -0.15) is 17.5 Å². The highest BCUT2D eigenvalue weighted by molar-refractivity contribution is 7.89. The topological polar surface area (TPSA) is 50.3 Å². The number of sulfonamides is 1. The maximum Gasteiger partial charge on any atom is 0.417 e. The van der Waals surface area contributed by atoms with Crippen LogP contribution < -0.4 is 0 Å². The number of alkyl halides is 3. The van der Waals surface area contributed by atoms with Crippen LogP contribution in [-0.4, -0.2) is 24.3 Å². The van der Waals surface area contributed by atoms with Gasteiger partial charge in [0.1, 0.15) is 0 Å². The van der Waals surface area contributed by atoms with Crippen molar-refractivity contribution in [1.29, 1.82) is 0 Å². The summed E-state index contributed by atoms with van der Waals surface area (Å²) in [6, 6.07) is 4.83. The fraction of sp³-hybridized carbons (Fsp3) is 0.267. The Bertz CT molecular complexity index is 916. The SMILES string of the molecule is O=S(=O)(c1ccc(C(F)(F)F)cn1)N1CCc2c(ccc(Cl)c2Cl)C1. The maximum absolute atomic E-state index is 12.6. The molecular weight excluding hydrogens is 400 g/mol. The standard InChI is InChI=1S/C15H11Cl2F3N2O2S/c16-12-3-1-9-8-22(6-5-11(9)14(12)17)25(23,24)13-4-2-10(7-21-13)15(18,19)20/h1-4,7H,5-6,8H2. The maximum atomic E-state index is 12.6. The molecule has 4 nitrogen and oxygen atoms in total. The molecule has 10 heteroatoms. The van der Waals surface area contributed by atoms with E-state index >= 15 is 0 Å². The molecule has 1 aliphatic heterocycles. The molecule has 0 spiro atoms. The highest BCUT2D eigenvalue weighted by Gasteiger charge is 2.33. The number of benzene rings is 1. The Morgan fingerprint density at radius 2 is 1.84 bits per heavy atom. The number of hydrogen-bond acceptors (Lipinski definition) is 3. The number of hydrogen-bond donors (Lipinski definition) is 0. The molecule has 3 rings (SSSR count). The zero-order chi connectivity index (χ0) is 18.4. The first-order valence-electron chi connectivity index (χ1n) is 7.10. The molecule has 25 heavy (non-hydrogen) atoms. The van der Waals surface area contributed by atoms with Gasteiger partial charge >= 0.3 is 6.18 Å². The van der Waals surface area contributed by atoms with Crippen LogP contribution in [0.15, 0.2) is 35.5 Å². The summed E-state index contributed by atoms with van der Waals surface area (Å²) >= 11 is 12.1. The lowest BCUT2D eigenvalue weighted by atomic mass is 10.0. The molecular formula is C15H11Cl2F3N2O2S. The van der Waals surface area contributed by atoms with Crippen LogP contribution in [-0.2, 0) is 29.2 Å². The molecule has 0 unspecified atom stereocenters. The summed E-state index contributed by atoms with van der Waals surface area (Å²) in [5.41, 5.74) is 0.481. The van der Waals surface area contributed by atoms with Gasteiger partial charge in [0.2, 0.25) is 0 Å². The van der Waals surface area contributed by atoms with Gasteiger partial charge in [0.05, 0.1) is 15.6 Å². The average molecular weight is 411 g/mol. The molecule has 134 valence electrons. The van der Waals surface area contributed by atoms with Gasteiger partial charge in [-0.3, -0.25) is 0 Å². The first-order chi connectivity index (χ1) is 11.6. The molecule has 0 atom stereocenters. The Morgan fingerprint density at radius 3 is 2.44 bits per heavy atom. The van der Waals surface area contributed by atoms with Crippen molar-refractivity contribution in [2.45, 2.75) is 24.2 Å². The van der Waals surface area contributed by atoms with Gasteiger partial charge in [0, 0.05) is 19.3 Å². The van der Waals surface area contributed by atoms with E-state index in [2.05, 4.69) is 4.98 Å². The second-order valence-corrected chi connectivity index (χ2v) is 8.14. The molecule has 0 radical (unpaired) electrons. The molecule has 0 saturated heterocycles. The Balaban J connectivity index is 1.90. The van der Waals surface area contributed by atoms with Gasteiger partial charge in [0.15, 0.2) is 5.03 Å². The summed E-state index contributed by atoms with van der Waals surface area (Å²) in [6.45, 7) is 0.190. The first-order valence-corrected chi connectivity index (χ1v) is 9.29. The van der Waals surface area contributed by atoms with Gasteiger partial charge in [-0.05, 0) is 35.7 Å². The van der Waals surface area contributed by atoms with E-state index in [0.29, 0.717) is 34.3 Å². The number of fused-ring (bicyclic) bond motifs is 1. The minimum absolute atomic E-state index is 0.0528. The predicted octanol–water partition coefficient (Wildman–Crippen LogP) is 4.15. The van der Waals surface area contributed by atoms with Crippen molar-refractivity contribution in [3.05, 3.63) is 57.2 Å². The van der Waals surface area contributed by atoms with Crippen LogP contribution in [0.3, 0.4) is 0 Å². The Labute approximate surface area is 152 Å². The Morgan fingerprint density at radius 1 is 1.12 bits per heavy atom. The third-order valence-electron chi connectivity index (χ3n) is 3.92. The third kappa shape index (κ3) is 3.48. The van der Waals surface area contributed by atoms with Crippen LogP contribution in [0.5, 0.6) is 0 Å². The van der Waals surface area contributed by atoms with E-state index in [-0.39, 0.29) is 13.1 Å². The minimum atomic E-state index is -4.57. The molecule has 0 saturated carbocycles. The van der Waals surface area contributed by atoms with E-state index in [1.807, 2.05) is 0 Å². The van der Waals surface area contributed by atoms with Crippen LogP contribution in [0.4, 0.5) is 13.2 Å². The summed E-state index contributed by atoms with van der Waals surface area (Å²) in [5, 5.41) is 0.356. The Kier molecular flexibility index (Phi) is 4.74. The molecule has 2 heterocycles. The summed E-state index contributed by atoms with van der Waals surface area (Å²) in [6.07, 6.45) is -3.70. The smallest absolute Gasteiger partial charge is 0.243 e. The van der Waals surface area contributed by atoms with Crippen molar-refractivity contribution in [3.63, 3.8) is 0 Å². The number of rotatable bonds is 2. The van der Waals surface area contributed by atoms with Crippen molar-refractivity contribution >= 4 is 33.2 Å². The molecule has 0 aliphatic carbocycles. The van der Waals surface area contributed by atoms with Gasteiger partial charge in [-0.1, -0.05) is 29.3 Å². The second-order valence-electron chi connectivity index (χ2n) is 5.47. The largest absolute Gasteiger partial charge is 0.417 e. The van der Waals surface area contributed by atoms with E-state index in [0.717, 1.165) is 15.9 Å². The molecule has 1 aliphatic rings. The van der Waals surface area contributed by atoms with Gasteiger partial charge in [-0.25, -0.2) is 13.4 Å². The summed E-state index contributed by atoms with van der Waals surface area (Å²) in [4.78, 5) is 3.48. The molecule has 0 fully saturated rings. The van der Waals surface area contributed by atoms with E-state index in [1.165, 1.54) is 0 Å². The van der Waals surface area contributed by atoms with Crippen LogP contribution in [0, 0.1) is 0 Å². The number of halogens is 5. The van der Waals surface area contributed by atoms with Gasteiger partial charge < -0.3 is 0 Å². The number of pyridine rings is 1. The second kappa shape index (κ2) is 6.42. The van der Waals surface area contributed by atoms with Crippen molar-refractivity contribution in [1.82, 2.24) is 9.29 Å². The molecule has 1 aromatic carbocycles. The lowest BCUT2D eigenvalue weighted by molar-refractivity contribution is -0.137. The highest BCUT2D eigenvalue weighted by Crippen LogP contribution is 2.34. The van der Waals surface area contributed by atoms with Crippen LogP contribution in [0.1, 0.15) is 16.7 Å². The monoisotopic (exact) mass is 410 g/mol. The fourth-order valence-corrected chi connectivity index (χ4v) is 4.38. The molecule has 0 N–H and O–H groups in total. The molecule has 0 bridgehead atoms. The fourth-order valence-electron chi connectivity index (χ4n) is 2.59. The third-order valence-corrected chi connectivity index (χ3v) is 6.52. The van der Waals surface area contributed by atoms with E-state index in [1.54, 1.807) is 12.1 Å². The Hall–Kier alpha value is -1.35. The normalized spacial score (nSPS) is 15.9. The van der Waals surface area contributed by atoms with Crippen molar-refractivity contribution in [2.75, 3.05) is 6.54 Å². The predicted molar refractivity (Wildman–Crippen MR) is 87.0 cm³/mol. The van der Waals surface area contributed by atoms with Crippen molar-refractivity contribution in [2.24, 2.45) is 0 Å². The minimum Gasteiger partial charge on any atom is -0.243 e. The zero-order valence-electron chi connectivity index (χ0n) is 12.5.